The maximum absolute atomic E-state index is 12.1. The van der Waals surface area contributed by atoms with Crippen molar-refractivity contribution in [2.75, 3.05) is 5.75 Å². The molecular weight excluding hydrogens is 318 g/mol. The highest BCUT2D eigenvalue weighted by Gasteiger charge is 2.22. The second-order valence-corrected chi connectivity index (χ2v) is 7.33. The summed E-state index contributed by atoms with van der Waals surface area (Å²) in [6.07, 6.45) is 4.81. The molecule has 1 aromatic heterocycles. The van der Waals surface area contributed by atoms with Crippen molar-refractivity contribution < 1.29 is 4.79 Å². The Labute approximate surface area is 139 Å². The van der Waals surface area contributed by atoms with Crippen molar-refractivity contribution in [2.45, 2.75) is 43.8 Å². The van der Waals surface area contributed by atoms with Crippen LogP contribution in [0.2, 0.25) is 5.02 Å². The molecular formula is C16H20ClN3OS. The van der Waals surface area contributed by atoms with Gasteiger partial charge in [0.15, 0.2) is 5.16 Å². The summed E-state index contributed by atoms with van der Waals surface area (Å²) in [6, 6.07) is 5.87. The van der Waals surface area contributed by atoms with Gasteiger partial charge in [0.1, 0.15) is 0 Å². The molecule has 1 saturated carbocycles. The summed E-state index contributed by atoms with van der Waals surface area (Å²) in [5, 5.41) is 4.59. The SMILES string of the molecule is C[C@H]1CCCC[C@@H]1NC(=O)CSc1nc2ccc(Cl)cc2[nH]1. The number of aromatic nitrogens is 2. The Morgan fingerprint density at radius 2 is 2.27 bits per heavy atom. The van der Waals surface area contributed by atoms with E-state index in [1.54, 1.807) is 0 Å². The molecule has 6 heteroatoms. The molecule has 1 amide bonds. The van der Waals surface area contributed by atoms with E-state index in [1.165, 1.54) is 31.0 Å². The number of benzene rings is 1. The van der Waals surface area contributed by atoms with E-state index >= 15 is 0 Å². The lowest BCUT2D eigenvalue weighted by Gasteiger charge is -2.29. The third kappa shape index (κ3) is 3.76. The molecule has 3 rings (SSSR count). The van der Waals surface area contributed by atoms with Gasteiger partial charge in [-0.1, -0.05) is 43.1 Å². The number of hydrogen-bond acceptors (Lipinski definition) is 3. The predicted octanol–water partition coefficient (Wildman–Crippen LogP) is 4.00. The average molecular weight is 338 g/mol. The van der Waals surface area contributed by atoms with Crippen LogP contribution in [0.15, 0.2) is 23.4 Å². The lowest BCUT2D eigenvalue weighted by molar-refractivity contribution is -0.119. The zero-order chi connectivity index (χ0) is 15.5. The van der Waals surface area contributed by atoms with Crippen molar-refractivity contribution >= 4 is 40.3 Å². The van der Waals surface area contributed by atoms with E-state index in [4.69, 9.17) is 11.6 Å². The van der Waals surface area contributed by atoms with Gasteiger partial charge < -0.3 is 10.3 Å². The van der Waals surface area contributed by atoms with Gasteiger partial charge in [0, 0.05) is 11.1 Å². The van der Waals surface area contributed by atoms with Crippen molar-refractivity contribution in [1.82, 2.24) is 15.3 Å². The van der Waals surface area contributed by atoms with Gasteiger partial charge in [0.05, 0.1) is 16.8 Å². The average Bonchev–Trinajstić information content (AvgIpc) is 2.89. The summed E-state index contributed by atoms with van der Waals surface area (Å²) in [4.78, 5) is 19.8. The molecule has 2 atom stereocenters. The first-order chi connectivity index (χ1) is 10.6. The number of thioether (sulfide) groups is 1. The molecule has 22 heavy (non-hydrogen) atoms. The lowest BCUT2D eigenvalue weighted by Crippen LogP contribution is -2.41. The molecule has 2 N–H and O–H groups in total. The number of rotatable bonds is 4. The standard InChI is InChI=1S/C16H20ClN3OS/c1-10-4-2-3-5-12(10)18-15(21)9-22-16-19-13-7-6-11(17)8-14(13)20-16/h6-8,10,12H,2-5,9H2,1H3,(H,18,21)(H,19,20)/t10-,12-/m0/s1. The number of carbonyl (C=O) groups excluding carboxylic acids is 1. The molecule has 1 aromatic carbocycles. The largest absolute Gasteiger partial charge is 0.352 e. The molecule has 0 bridgehead atoms. The molecule has 1 aliphatic rings. The molecule has 0 radical (unpaired) electrons. The third-order valence-electron chi connectivity index (χ3n) is 4.22. The van der Waals surface area contributed by atoms with Crippen molar-refractivity contribution in [1.29, 1.82) is 0 Å². The summed E-state index contributed by atoms with van der Waals surface area (Å²) in [5.74, 6) is 1.05. The van der Waals surface area contributed by atoms with Gasteiger partial charge in [-0.15, -0.1) is 0 Å². The summed E-state index contributed by atoms with van der Waals surface area (Å²) < 4.78 is 0. The first-order valence-corrected chi connectivity index (χ1v) is 9.05. The van der Waals surface area contributed by atoms with Gasteiger partial charge in [-0.3, -0.25) is 4.79 Å². The van der Waals surface area contributed by atoms with E-state index in [1.807, 2.05) is 18.2 Å². The maximum Gasteiger partial charge on any atom is 0.230 e. The van der Waals surface area contributed by atoms with Crippen molar-refractivity contribution in [2.24, 2.45) is 5.92 Å². The third-order valence-corrected chi connectivity index (χ3v) is 5.33. The summed E-state index contributed by atoms with van der Waals surface area (Å²) in [7, 11) is 0. The Morgan fingerprint density at radius 1 is 1.45 bits per heavy atom. The number of imidazole rings is 1. The van der Waals surface area contributed by atoms with Gasteiger partial charge in [-0.05, 0) is 37.0 Å². The molecule has 2 aromatic rings. The Kier molecular flexibility index (Phi) is 4.93. The number of aromatic amines is 1. The highest BCUT2D eigenvalue weighted by atomic mass is 35.5. The molecule has 1 heterocycles. The minimum absolute atomic E-state index is 0.0854. The number of nitrogens with one attached hydrogen (secondary N) is 2. The van der Waals surface area contributed by atoms with Crippen LogP contribution in [0.5, 0.6) is 0 Å². The number of nitrogens with zero attached hydrogens (tertiary/aromatic N) is 1. The van der Waals surface area contributed by atoms with Crippen LogP contribution in [-0.2, 0) is 4.79 Å². The number of hydrogen-bond donors (Lipinski definition) is 2. The molecule has 1 aliphatic carbocycles. The van der Waals surface area contributed by atoms with Crippen LogP contribution in [0.25, 0.3) is 11.0 Å². The Balaban J connectivity index is 1.55. The molecule has 0 saturated heterocycles. The van der Waals surface area contributed by atoms with Crippen molar-refractivity contribution in [3.63, 3.8) is 0 Å². The Morgan fingerprint density at radius 3 is 3.09 bits per heavy atom. The molecule has 0 aliphatic heterocycles. The molecule has 4 nitrogen and oxygen atoms in total. The fourth-order valence-electron chi connectivity index (χ4n) is 2.94. The molecule has 118 valence electrons. The van der Waals surface area contributed by atoms with E-state index in [2.05, 4.69) is 22.2 Å². The second kappa shape index (κ2) is 6.92. The zero-order valence-corrected chi connectivity index (χ0v) is 14.1. The molecule has 0 unspecified atom stereocenters. The van der Waals surface area contributed by atoms with E-state index < -0.39 is 0 Å². The number of H-pyrrole nitrogens is 1. The number of carbonyl (C=O) groups is 1. The fraction of sp³-hybridized carbons (Fsp3) is 0.500. The van der Waals surface area contributed by atoms with Crippen molar-refractivity contribution in [3.05, 3.63) is 23.2 Å². The van der Waals surface area contributed by atoms with Gasteiger partial charge >= 0.3 is 0 Å². The lowest BCUT2D eigenvalue weighted by atomic mass is 9.86. The fourth-order valence-corrected chi connectivity index (χ4v) is 3.81. The van der Waals surface area contributed by atoms with E-state index in [-0.39, 0.29) is 5.91 Å². The van der Waals surface area contributed by atoms with Gasteiger partial charge in [-0.25, -0.2) is 4.98 Å². The Bertz CT molecular complexity index is 672. The zero-order valence-electron chi connectivity index (χ0n) is 12.6. The molecule has 1 fully saturated rings. The van der Waals surface area contributed by atoms with Crippen LogP contribution in [0.3, 0.4) is 0 Å². The minimum Gasteiger partial charge on any atom is -0.352 e. The highest BCUT2D eigenvalue weighted by Crippen LogP contribution is 2.25. The number of fused-ring (bicyclic) bond motifs is 1. The maximum atomic E-state index is 12.1. The first-order valence-electron chi connectivity index (χ1n) is 7.69. The van der Waals surface area contributed by atoms with Gasteiger partial charge in [-0.2, -0.15) is 0 Å². The normalized spacial score (nSPS) is 21.9. The minimum atomic E-state index is 0.0854. The molecule has 0 spiro atoms. The van der Waals surface area contributed by atoms with Crippen LogP contribution < -0.4 is 5.32 Å². The van der Waals surface area contributed by atoms with Gasteiger partial charge in [0.2, 0.25) is 5.91 Å². The second-order valence-electron chi connectivity index (χ2n) is 5.93. The van der Waals surface area contributed by atoms with Crippen LogP contribution in [0.1, 0.15) is 32.6 Å². The van der Waals surface area contributed by atoms with Crippen LogP contribution in [0, 0.1) is 5.92 Å². The van der Waals surface area contributed by atoms with E-state index in [0.29, 0.717) is 22.7 Å². The smallest absolute Gasteiger partial charge is 0.230 e. The van der Waals surface area contributed by atoms with Crippen LogP contribution in [0.4, 0.5) is 0 Å². The van der Waals surface area contributed by atoms with Gasteiger partial charge in [0.25, 0.3) is 0 Å². The topological polar surface area (TPSA) is 57.8 Å². The highest BCUT2D eigenvalue weighted by molar-refractivity contribution is 7.99. The van der Waals surface area contributed by atoms with E-state index in [9.17, 15) is 4.79 Å². The number of amides is 1. The monoisotopic (exact) mass is 337 g/mol. The van der Waals surface area contributed by atoms with Crippen LogP contribution >= 0.6 is 23.4 Å². The number of halogens is 1. The summed E-state index contributed by atoms with van der Waals surface area (Å²) in [6.45, 7) is 2.22. The Hall–Kier alpha value is -1.20. The summed E-state index contributed by atoms with van der Waals surface area (Å²) >= 11 is 7.39. The van der Waals surface area contributed by atoms with Crippen molar-refractivity contribution in [3.8, 4) is 0 Å². The predicted molar refractivity (Wildman–Crippen MR) is 91.4 cm³/mol. The first kappa shape index (κ1) is 15.7. The van der Waals surface area contributed by atoms with Crippen LogP contribution in [-0.4, -0.2) is 27.7 Å². The summed E-state index contributed by atoms with van der Waals surface area (Å²) in [5.41, 5.74) is 1.77. The quantitative estimate of drug-likeness (QED) is 0.829. The van der Waals surface area contributed by atoms with E-state index in [0.717, 1.165) is 22.6 Å².